The van der Waals surface area contributed by atoms with Crippen LogP contribution in [0.25, 0.3) is 0 Å². The van der Waals surface area contributed by atoms with Crippen LogP contribution < -0.4 is 0 Å². The van der Waals surface area contributed by atoms with Crippen LogP contribution in [0, 0.1) is 0 Å². The van der Waals surface area contributed by atoms with Gasteiger partial charge in [0, 0.05) is 13.7 Å². The van der Waals surface area contributed by atoms with Crippen LogP contribution in [-0.2, 0) is 26.8 Å². The van der Waals surface area contributed by atoms with Crippen molar-refractivity contribution in [2.24, 2.45) is 0 Å². The summed E-state index contributed by atoms with van der Waals surface area (Å²) in [6.45, 7) is 3.32. The third-order valence-electron chi connectivity index (χ3n) is 1.24. The Balaban J connectivity index is 2.73. The lowest BCUT2D eigenvalue weighted by atomic mass is 10.5. The van der Waals surface area contributed by atoms with Gasteiger partial charge in [-0.05, 0) is 0 Å². The molecule has 0 amide bonds. The van der Waals surface area contributed by atoms with Gasteiger partial charge in [0.15, 0.2) is 0 Å². The van der Waals surface area contributed by atoms with E-state index in [2.05, 4.69) is 0 Å². The molecule has 74 valence electrons. The minimum Gasteiger partial charge on any atom is -0.793 e. The van der Waals surface area contributed by atoms with Gasteiger partial charge in [-0.2, -0.15) is 5.75 Å². The standard InChI is InChI=1S/C8H18O3S/c1-9-4-5-11-7-6-10-3-2-8-12/h12H,2-8H2,1H3/p-1. The molecule has 0 radical (unpaired) electrons. The summed E-state index contributed by atoms with van der Waals surface area (Å²) in [6.07, 6.45) is 0.952. The maximum Gasteiger partial charge on any atom is 0.0701 e. The van der Waals surface area contributed by atoms with Gasteiger partial charge in [0.1, 0.15) is 0 Å². The second kappa shape index (κ2) is 11.2. The summed E-state index contributed by atoms with van der Waals surface area (Å²) < 4.78 is 15.2. The molecule has 0 spiro atoms. The minimum absolute atomic E-state index is 0.640. The highest BCUT2D eigenvalue weighted by atomic mass is 32.1. The van der Waals surface area contributed by atoms with Crippen molar-refractivity contribution in [1.82, 2.24) is 0 Å². The van der Waals surface area contributed by atoms with E-state index in [0.29, 0.717) is 26.4 Å². The highest BCUT2D eigenvalue weighted by molar-refractivity contribution is 7.58. The van der Waals surface area contributed by atoms with Crippen molar-refractivity contribution < 1.29 is 14.2 Å². The Morgan fingerprint density at radius 1 is 0.917 bits per heavy atom. The smallest absolute Gasteiger partial charge is 0.0701 e. The molecule has 4 heteroatoms. The summed E-state index contributed by atoms with van der Waals surface area (Å²) in [5.74, 6) is 0.768. The van der Waals surface area contributed by atoms with Gasteiger partial charge in [0.25, 0.3) is 0 Å². The highest BCUT2D eigenvalue weighted by Gasteiger charge is 1.87. The summed E-state index contributed by atoms with van der Waals surface area (Å²) in [7, 11) is 1.66. The topological polar surface area (TPSA) is 27.7 Å². The van der Waals surface area contributed by atoms with Crippen molar-refractivity contribution in [3.05, 3.63) is 0 Å². The van der Waals surface area contributed by atoms with E-state index in [0.717, 1.165) is 18.8 Å². The molecule has 0 aromatic heterocycles. The number of hydrogen-bond acceptors (Lipinski definition) is 4. The van der Waals surface area contributed by atoms with Crippen LogP contribution in [-0.4, -0.2) is 45.9 Å². The van der Waals surface area contributed by atoms with E-state index in [-0.39, 0.29) is 0 Å². The van der Waals surface area contributed by atoms with Gasteiger partial charge in [-0.3, -0.25) is 0 Å². The van der Waals surface area contributed by atoms with Crippen LogP contribution in [0.5, 0.6) is 0 Å². The molecule has 0 N–H and O–H groups in total. The Kier molecular flexibility index (Phi) is 11.4. The maximum atomic E-state index is 5.22. The predicted octanol–water partition coefficient (Wildman–Crippen LogP) is 0.603. The molecular weight excluding hydrogens is 176 g/mol. The molecule has 0 rings (SSSR count). The van der Waals surface area contributed by atoms with Crippen LogP contribution in [0.1, 0.15) is 6.42 Å². The van der Waals surface area contributed by atoms with Gasteiger partial charge < -0.3 is 26.8 Å². The van der Waals surface area contributed by atoms with Gasteiger partial charge in [-0.15, -0.1) is 0 Å². The molecule has 0 atom stereocenters. The Labute approximate surface area is 79.8 Å². The van der Waals surface area contributed by atoms with E-state index in [4.69, 9.17) is 26.8 Å². The largest absolute Gasteiger partial charge is 0.793 e. The highest BCUT2D eigenvalue weighted by Crippen LogP contribution is 1.82. The second-order valence-corrected chi connectivity index (χ2v) is 2.68. The molecule has 12 heavy (non-hydrogen) atoms. The molecule has 0 unspecified atom stereocenters. The van der Waals surface area contributed by atoms with Crippen molar-refractivity contribution in [3.8, 4) is 0 Å². The fourth-order valence-corrected chi connectivity index (χ4v) is 0.743. The zero-order chi connectivity index (χ0) is 9.07. The molecule has 0 aromatic carbocycles. The van der Waals surface area contributed by atoms with Crippen molar-refractivity contribution in [2.45, 2.75) is 6.42 Å². The molecule has 0 fully saturated rings. The molecule has 0 aliphatic rings. The normalized spacial score (nSPS) is 10.5. The molecule has 0 aliphatic heterocycles. The third kappa shape index (κ3) is 10.2. The first-order valence-corrected chi connectivity index (χ1v) is 4.72. The van der Waals surface area contributed by atoms with Crippen molar-refractivity contribution >= 4 is 12.6 Å². The van der Waals surface area contributed by atoms with Crippen LogP contribution in [0.2, 0.25) is 0 Å². The molecule has 0 saturated heterocycles. The lowest BCUT2D eigenvalue weighted by molar-refractivity contribution is 0.0252. The van der Waals surface area contributed by atoms with Gasteiger partial charge in [-0.1, -0.05) is 6.42 Å². The summed E-state index contributed by atoms with van der Waals surface area (Å²) in [4.78, 5) is 0. The Morgan fingerprint density at radius 2 is 1.50 bits per heavy atom. The molecule has 3 nitrogen and oxygen atoms in total. The SMILES string of the molecule is COCCOCCOCCC[S-]. The van der Waals surface area contributed by atoms with Crippen LogP contribution in [0.15, 0.2) is 0 Å². The summed E-state index contributed by atoms with van der Waals surface area (Å²) in [5.41, 5.74) is 0. The van der Waals surface area contributed by atoms with E-state index in [9.17, 15) is 0 Å². The van der Waals surface area contributed by atoms with E-state index in [1.165, 1.54) is 0 Å². The lowest BCUT2D eigenvalue weighted by Gasteiger charge is -2.06. The molecule has 0 bridgehead atoms. The van der Waals surface area contributed by atoms with Crippen LogP contribution in [0.4, 0.5) is 0 Å². The van der Waals surface area contributed by atoms with Gasteiger partial charge in [-0.25, -0.2) is 0 Å². The zero-order valence-corrected chi connectivity index (χ0v) is 8.40. The average Bonchev–Trinajstić information content (AvgIpc) is 2.10. The first kappa shape index (κ1) is 12.2. The van der Waals surface area contributed by atoms with E-state index in [1.807, 2.05) is 0 Å². The first-order valence-electron chi connectivity index (χ1n) is 4.14. The van der Waals surface area contributed by atoms with Crippen LogP contribution in [0.3, 0.4) is 0 Å². The zero-order valence-electron chi connectivity index (χ0n) is 7.58. The molecule has 0 saturated carbocycles. The fourth-order valence-electron chi connectivity index (χ4n) is 0.625. The molecule has 0 aromatic rings. The molecular formula is C8H17O3S-. The monoisotopic (exact) mass is 193 g/mol. The predicted molar refractivity (Wildman–Crippen MR) is 50.4 cm³/mol. The first-order chi connectivity index (χ1) is 5.91. The van der Waals surface area contributed by atoms with Gasteiger partial charge >= 0.3 is 0 Å². The lowest BCUT2D eigenvalue weighted by Crippen LogP contribution is -2.09. The summed E-state index contributed by atoms with van der Waals surface area (Å²) >= 11 is 4.76. The van der Waals surface area contributed by atoms with Crippen LogP contribution >= 0.6 is 0 Å². The number of methoxy groups -OCH3 is 1. The number of hydrogen-bond donors (Lipinski definition) is 0. The quantitative estimate of drug-likeness (QED) is 0.396. The number of ether oxygens (including phenoxy) is 3. The van der Waals surface area contributed by atoms with Crippen molar-refractivity contribution in [2.75, 3.05) is 45.9 Å². The number of rotatable bonds is 9. The van der Waals surface area contributed by atoms with E-state index < -0.39 is 0 Å². The fraction of sp³-hybridized carbons (Fsp3) is 1.00. The van der Waals surface area contributed by atoms with Crippen molar-refractivity contribution in [3.63, 3.8) is 0 Å². The molecule has 0 aliphatic carbocycles. The van der Waals surface area contributed by atoms with Gasteiger partial charge in [0.05, 0.1) is 26.4 Å². The summed E-state index contributed by atoms with van der Waals surface area (Å²) in [5, 5.41) is 0. The van der Waals surface area contributed by atoms with E-state index >= 15 is 0 Å². The summed E-state index contributed by atoms with van der Waals surface area (Å²) in [6, 6.07) is 0. The maximum absolute atomic E-state index is 5.22. The van der Waals surface area contributed by atoms with Gasteiger partial charge in [0.2, 0.25) is 0 Å². The van der Waals surface area contributed by atoms with Crippen molar-refractivity contribution in [1.29, 1.82) is 0 Å². The third-order valence-corrected chi connectivity index (χ3v) is 1.53. The minimum atomic E-state index is 0.640. The molecule has 0 heterocycles. The Morgan fingerprint density at radius 3 is 2.08 bits per heavy atom. The Hall–Kier alpha value is 0.230. The van der Waals surface area contributed by atoms with E-state index in [1.54, 1.807) is 7.11 Å². The second-order valence-electron chi connectivity index (χ2n) is 2.28. The Bertz CT molecular complexity index is 70.7. The average molecular weight is 193 g/mol.